The van der Waals surface area contributed by atoms with Gasteiger partial charge in [-0.2, -0.15) is 0 Å². The second-order valence-electron chi connectivity index (χ2n) is 11.4. The number of hydrogen-bond acceptors (Lipinski definition) is 3. The number of esters is 1. The first kappa shape index (κ1) is 15.1. The van der Waals surface area contributed by atoms with E-state index < -0.39 is 0 Å². The molecule has 0 aromatic rings. The Morgan fingerprint density at radius 3 is 2.27 bits per heavy atom. The number of rotatable bonds is 1. The van der Waals surface area contributed by atoms with Gasteiger partial charge in [-0.1, -0.05) is 13.3 Å². The lowest BCUT2D eigenvalue weighted by atomic mass is 9.64. The molecule has 7 fully saturated rings. The lowest BCUT2D eigenvalue weighted by Crippen LogP contribution is -2.44. The van der Waals surface area contributed by atoms with E-state index in [0.717, 1.165) is 6.42 Å². The first-order valence-corrected chi connectivity index (χ1v) is 11.1. The zero-order chi connectivity index (χ0) is 17.7. The Kier molecular flexibility index (Phi) is 2.38. The third-order valence-electron chi connectivity index (χ3n) is 11.6. The van der Waals surface area contributed by atoms with Crippen molar-refractivity contribution in [3.63, 3.8) is 0 Å². The molecule has 7 saturated carbocycles. The van der Waals surface area contributed by atoms with Crippen LogP contribution in [0.2, 0.25) is 0 Å². The summed E-state index contributed by atoms with van der Waals surface area (Å²) in [6.45, 7) is 4.67. The Labute approximate surface area is 155 Å². The highest BCUT2D eigenvalue weighted by atomic mass is 16.5. The molecule has 0 bridgehead atoms. The predicted molar refractivity (Wildman–Crippen MR) is 94.7 cm³/mol. The maximum absolute atomic E-state index is 13.7. The van der Waals surface area contributed by atoms with Gasteiger partial charge in [0.2, 0.25) is 0 Å². The van der Waals surface area contributed by atoms with Crippen LogP contribution in [0.15, 0.2) is 0 Å². The zero-order valence-electron chi connectivity index (χ0n) is 16.1. The van der Waals surface area contributed by atoms with Gasteiger partial charge < -0.3 is 4.74 Å². The summed E-state index contributed by atoms with van der Waals surface area (Å²) in [6.07, 6.45) is 6.15. The number of ether oxygens (including phenoxy) is 1. The van der Waals surface area contributed by atoms with E-state index in [9.17, 15) is 9.59 Å². The molecule has 26 heavy (non-hydrogen) atoms. The van der Waals surface area contributed by atoms with Gasteiger partial charge >= 0.3 is 5.97 Å². The van der Waals surface area contributed by atoms with Gasteiger partial charge in [-0.3, -0.25) is 9.59 Å². The number of methoxy groups -OCH3 is 1. The third kappa shape index (κ3) is 1.13. The molecular formula is C23H30O3. The Balaban J connectivity index is 1.51. The molecule has 0 radical (unpaired) electrons. The summed E-state index contributed by atoms with van der Waals surface area (Å²) in [5.41, 5.74) is -0.349. The molecule has 0 amide bonds. The van der Waals surface area contributed by atoms with Crippen LogP contribution in [0.4, 0.5) is 0 Å². The largest absolute Gasteiger partial charge is 0.469 e. The van der Waals surface area contributed by atoms with Crippen LogP contribution in [0, 0.1) is 75.9 Å². The van der Waals surface area contributed by atoms with Crippen molar-refractivity contribution in [1.29, 1.82) is 0 Å². The van der Waals surface area contributed by atoms with Crippen molar-refractivity contribution >= 4 is 11.8 Å². The van der Waals surface area contributed by atoms with Gasteiger partial charge in [-0.05, 0) is 91.8 Å². The summed E-state index contributed by atoms with van der Waals surface area (Å²) in [5, 5.41) is 0. The van der Waals surface area contributed by atoms with Crippen LogP contribution < -0.4 is 0 Å². The van der Waals surface area contributed by atoms with Crippen molar-refractivity contribution in [2.24, 2.45) is 75.9 Å². The maximum atomic E-state index is 13.7. The van der Waals surface area contributed by atoms with E-state index in [1.165, 1.54) is 25.7 Å². The highest BCUT2D eigenvalue weighted by Crippen LogP contribution is 2.87. The van der Waals surface area contributed by atoms with Crippen molar-refractivity contribution in [3.8, 4) is 0 Å². The minimum Gasteiger partial charge on any atom is -0.469 e. The Morgan fingerprint density at radius 1 is 0.885 bits per heavy atom. The van der Waals surface area contributed by atoms with Gasteiger partial charge in [0.15, 0.2) is 0 Å². The smallest absolute Gasteiger partial charge is 0.312 e. The van der Waals surface area contributed by atoms with Crippen LogP contribution in [0.25, 0.3) is 0 Å². The molecular weight excluding hydrogens is 324 g/mol. The summed E-state index contributed by atoms with van der Waals surface area (Å²) >= 11 is 0. The average molecular weight is 354 g/mol. The Hall–Kier alpha value is -0.860. The van der Waals surface area contributed by atoms with Crippen LogP contribution in [0.1, 0.15) is 46.0 Å². The van der Waals surface area contributed by atoms with Crippen molar-refractivity contribution in [1.82, 2.24) is 0 Å². The number of ketones is 1. The summed E-state index contributed by atoms with van der Waals surface area (Å²) < 4.78 is 5.48. The van der Waals surface area contributed by atoms with Gasteiger partial charge in [-0.15, -0.1) is 0 Å². The van der Waals surface area contributed by atoms with Gasteiger partial charge in [0.1, 0.15) is 5.78 Å². The minimum absolute atomic E-state index is 0.0580. The number of hydrogen-bond donors (Lipinski definition) is 0. The van der Waals surface area contributed by atoms with Crippen molar-refractivity contribution in [2.45, 2.75) is 46.0 Å². The molecule has 7 rings (SSSR count). The van der Waals surface area contributed by atoms with E-state index in [0.29, 0.717) is 70.9 Å². The van der Waals surface area contributed by atoms with Crippen molar-refractivity contribution in [2.75, 3.05) is 7.11 Å². The fourth-order valence-corrected chi connectivity index (χ4v) is 11.7. The van der Waals surface area contributed by atoms with Gasteiger partial charge in [0.05, 0.1) is 12.5 Å². The molecule has 7 aliphatic carbocycles. The van der Waals surface area contributed by atoms with Crippen LogP contribution in [0.3, 0.4) is 0 Å². The standard InChI is InChI=1S/C23H30O3/c1-22-16-9-5-4-6-10(9)17-14(16)15-18(23(17,2)21(25)26-3)11-7-8-12(20(22)24)13(11)19(15)22/h9-19H,4-8H2,1-3H3/t9-,10+,11-,12-,13-,14-,15-,16+,17+,18+,19-,22+,23+/m0/s1. The molecule has 0 saturated heterocycles. The molecule has 0 spiro atoms. The predicted octanol–water partition coefficient (Wildman–Crippen LogP) is 3.57. The molecule has 0 aromatic heterocycles. The molecule has 7 aliphatic rings. The number of Topliss-reactive ketones (excluding diaryl/α,β-unsaturated/α-hetero) is 1. The lowest BCUT2D eigenvalue weighted by Gasteiger charge is -2.39. The second-order valence-corrected chi connectivity index (χ2v) is 11.4. The summed E-state index contributed by atoms with van der Waals surface area (Å²) in [6, 6.07) is 0. The lowest BCUT2D eigenvalue weighted by molar-refractivity contribution is -0.160. The molecule has 140 valence electrons. The summed E-state index contributed by atoms with van der Waals surface area (Å²) in [4.78, 5) is 26.9. The van der Waals surface area contributed by atoms with Crippen LogP contribution >= 0.6 is 0 Å². The molecule has 3 heteroatoms. The van der Waals surface area contributed by atoms with E-state index in [1.54, 1.807) is 7.11 Å². The van der Waals surface area contributed by atoms with E-state index in [2.05, 4.69) is 13.8 Å². The first-order chi connectivity index (χ1) is 12.5. The zero-order valence-corrected chi connectivity index (χ0v) is 16.1. The van der Waals surface area contributed by atoms with Crippen molar-refractivity contribution < 1.29 is 14.3 Å². The number of carbonyl (C=O) groups excluding carboxylic acids is 2. The molecule has 3 nitrogen and oxygen atoms in total. The normalized spacial score (nSPS) is 68.0. The molecule has 0 heterocycles. The van der Waals surface area contributed by atoms with Crippen LogP contribution in [-0.2, 0) is 14.3 Å². The van der Waals surface area contributed by atoms with Crippen LogP contribution in [-0.4, -0.2) is 18.9 Å². The van der Waals surface area contributed by atoms with E-state index in [4.69, 9.17) is 4.74 Å². The maximum Gasteiger partial charge on any atom is 0.312 e. The van der Waals surface area contributed by atoms with Gasteiger partial charge in [-0.25, -0.2) is 0 Å². The van der Waals surface area contributed by atoms with Gasteiger partial charge in [0, 0.05) is 11.3 Å². The fourth-order valence-electron chi connectivity index (χ4n) is 11.7. The van der Waals surface area contributed by atoms with Crippen LogP contribution in [0.5, 0.6) is 0 Å². The topological polar surface area (TPSA) is 43.4 Å². The summed E-state index contributed by atoms with van der Waals surface area (Å²) in [7, 11) is 1.60. The number of fused-ring (bicyclic) bond motifs is 5. The van der Waals surface area contributed by atoms with Gasteiger partial charge in [0.25, 0.3) is 0 Å². The molecule has 13 atom stereocenters. The fraction of sp³-hybridized carbons (Fsp3) is 0.913. The monoisotopic (exact) mass is 354 g/mol. The Bertz CT molecular complexity index is 751. The quantitative estimate of drug-likeness (QED) is 0.676. The molecule has 0 N–H and O–H groups in total. The first-order valence-electron chi connectivity index (χ1n) is 11.1. The molecule has 0 aliphatic heterocycles. The van der Waals surface area contributed by atoms with E-state index in [1.807, 2.05) is 0 Å². The Morgan fingerprint density at radius 2 is 1.54 bits per heavy atom. The SMILES string of the molecule is COC(=O)[C@@]1(C)[C@@H]2[C@H]3CC[C@@H]4C(=O)[C@@]5(C)[C@H]([C@H]2[C@@H]2[C@H]1[C@@H]1CCC[C@@H]1[C@H]25)[C@@H]34. The van der Waals surface area contributed by atoms with E-state index in [-0.39, 0.29) is 16.8 Å². The molecule has 0 unspecified atom stereocenters. The third-order valence-corrected chi connectivity index (χ3v) is 11.6. The highest BCUT2D eigenvalue weighted by Gasteiger charge is 2.87. The average Bonchev–Trinajstić information content (AvgIpc) is 3.38. The highest BCUT2D eigenvalue weighted by molar-refractivity contribution is 5.92. The number of carbonyl (C=O) groups is 2. The second kappa shape index (κ2) is 4.10. The minimum atomic E-state index is -0.291. The van der Waals surface area contributed by atoms with E-state index >= 15 is 0 Å². The summed E-state index contributed by atoms with van der Waals surface area (Å²) in [5.74, 6) is 7.02. The molecule has 0 aromatic carbocycles. The van der Waals surface area contributed by atoms with Crippen molar-refractivity contribution in [3.05, 3.63) is 0 Å².